The molecule has 0 bridgehead atoms. The molecule has 0 saturated heterocycles. The quantitative estimate of drug-likeness (QED) is 0.656. The normalized spacial score (nSPS) is 11.8. The van der Waals surface area contributed by atoms with Crippen molar-refractivity contribution >= 4 is 34.6 Å². The largest absolute Gasteiger partial charge is 0.334 e. The summed E-state index contributed by atoms with van der Waals surface area (Å²) in [7, 11) is 0. The van der Waals surface area contributed by atoms with Crippen LogP contribution in [0.1, 0.15) is 18.1 Å². The maximum absolute atomic E-state index is 12.3. The molecule has 1 aromatic heterocycles. The Morgan fingerprint density at radius 1 is 1.07 bits per heavy atom. The number of benzene rings is 2. The number of nitrogens with zero attached hydrogens (tertiary/aromatic N) is 1. The molecule has 0 saturated carbocycles. The molecule has 1 heterocycles. The number of pyridine rings is 1. The van der Waals surface area contributed by atoms with Gasteiger partial charge in [-0.2, -0.15) is 0 Å². The first-order chi connectivity index (χ1) is 13.0. The van der Waals surface area contributed by atoms with Crippen LogP contribution in [-0.4, -0.2) is 22.2 Å². The van der Waals surface area contributed by atoms with E-state index >= 15 is 0 Å². The summed E-state index contributed by atoms with van der Waals surface area (Å²) in [4.78, 5) is 28.8. The van der Waals surface area contributed by atoms with Crippen molar-refractivity contribution in [3.8, 4) is 0 Å². The van der Waals surface area contributed by atoms with E-state index in [1.54, 1.807) is 6.92 Å². The minimum atomic E-state index is -0.501. The molecule has 0 aliphatic heterocycles. The van der Waals surface area contributed by atoms with Gasteiger partial charge in [-0.1, -0.05) is 60.3 Å². The molecular formula is C21H21N3O2S. The molecule has 3 aromatic rings. The van der Waals surface area contributed by atoms with Crippen molar-refractivity contribution in [3.63, 3.8) is 0 Å². The summed E-state index contributed by atoms with van der Waals surface area (Å²) in [5.41, 5.74) is 2.97. The van der Waals surface area contributed by atoms with Crippen LogP contribution < -0.4 is 10.6 Å². The lowest BCUT2D eigenvalue weighted by atomic mass is 10.1. The number of thioether (sulfide) groups is 1. The average Bonchev–Trinajstić information content (AvgIpc) is 2.67. The monoisotopic (exact) mass is 379 g/mol. The molecule has 1 atom stereocenters. The third-order valence-corrected chi connectivity index (χ3v) is 5.12. The number of nitrogens with one attached hydrogen (secondary N) is 2. The lowest BCUT2D eigenvalue weighted by Crippen LogP contribution is -2.42. The zero-order chi connectivity index (χ0) is 19.2. The minimum Gasteiger partial charge on any atom is -0.334 e. The first-order valence-corrected chi connectivity index (χ1v) is 9.56. The number of carbonyl (C=O) groups is 2. The number of amides is 3. The van der Waals surface area contributed by atoms with Gasteiger partial charge in [-0.25, -0.2) is 9.78 Å². The fourth-order valence-corrected chi connectivity index (χ4v) is 3.57. The molecule has 2 aromatic carbocycles. The van der Waals surface area contributed by atoms with Gasteiger partial charge in [-0.15, -0.1) is 0 Å². The molecular weight excluding hydrogens is 358 g/mol. The number of urea groups is 1. The van der Waals surface area contributed by atoms with Crippen LogP contribution in [0.15, 0.2) is 65.7 Å². The van der Waals surface area contributed by atoms with Gasteiger partial charge in [-0.3, -0.25) is 10.1 Å². The SMILES string of the molecule is Cc1cc(SC(C)C(=O)NC(=O)NCc2ccccc2)nc2ccccc12. The van der Waals surface area contributed by atoms with Crippen LogP contribution >= 0.6 is 11.8 Å². The van der Waals surface area contributed by atoms with Crippen LogP contribution in [0.2, 0.25) is 0 Å². The van der Waals surface area contributed by atoms with Crippen molar-refractivity contribution in [2.45, 2.75) is 30.7 Å². The van der Waals surface area contributed by atoms with Crippen LogP contribution in [-0.2, 0) is 11.3 Å². The number of hydrogen-bond donors (Lipinski definition) is 2. The molecule has 0 fully saturated rings. The number of hydrogen-bond acceptors (Lipinski definition) is 4. The van der Waals surface area contributed by atoms with Crippen LogP contribution in [0.25, 0.3) is 10.9 Å². The Kier molecular flexibility index (Phi) is 6.08. The van der Waals surface area contributed by atoms with Crippen molar-refractivity contribution in [1.82, 2.24) is 15.6 Å². The van der Waals surface area contributed by atoms with Gasteiger partial charge in [0.15, 0.2) is 0 Å². The highest BCUT2D eigenvalue weighted by atomic mass is 32.2. The van der Waals surface area contributed by atoms with Gasteiger partial charge < -0.3 is 5.32 Å². The van der Waals surface area contributed by atoms with Gasteiger partial charge in [0.1, 0.15) is 0 Å². The lowest BCUT2D eigenvalue weighted by Gasteiger charge is -2.12. The van der Waals surface area contributed by atoms with E-state index in [9.17, 15) is 9.59 Å². The van der Waals surface area contributed by atoms with E-state index in [0.29, 0.717) is 6.54 Å². The molecule has 0 radical (unpaired) electrons. The summed E-state index contributed by atoms with van der Waals surface area (Å²) in [6.07, 6.45) is 0. The van der Waals surface area contributed by atoms with E-state index in [1.807, 2.05) is 67.6 Å². The van der Waals surface area contributed by atoms with Crippen molar-refractivity contribution in [2.24, 2.45) is 0 Å². The van der Waals surface area contributed by atoms with Crippen LogP contribution in [0.3, 0.4) is 0 Å². The molecule has 0 aliphatic rings. The lowest BCUT2D eigenvalue weighted by molar-refractivity contribution is -0.119. The highest BCUT2D eigenvalue weighted by Crippen LogP contribution is 2.26. The number of fused-ring (bicyclic) bond motifs is 1. The Labute approximate surface area is 162 Å². The standard InChI is InChI=1S/C21H21N3O2S/c1-14-12-19(23-18-11-7-6-10-17(14)18)27-15(2)20(25)24-21(26)22-13-16-8-4-3-5-9-16/h3-12,15H,13H2,1-2H3,(H2,22,24,25,26). The number of aryl methyl sites for hydroxylation is 1. The van der Waals surface area contributed by atoms with Crippen molar-refractivity contribution < 1.29 is 9.59 Å². The third-order valence-electron chi connectivity index (χ3n) is 4.10. The highest BCUT2D eigenvalue weighted by Gasteiger charge is 2.18. The first-order valence-electron chi connectivity index (χ1n) is 8.68. The van der Waals surface area contributed by atoms with E-state index in [2.05, 4.69) is 15.6 Å². The fraction of sp³-hybridized carbons (Fsp3) is 0.190. The maximum atomic E-state index is 12.3. The van der Waals surface area contributed by atoms with Gasteiger partial charge in [-0.05, 0) is 37.1 Å². The molecule has 3 amide bonds. The van der Waals surface area contributed by atoms with Crippen molar-refractivity contribution in [2.75, 3.05) is 0 Å². The summed E-state index contributed by atoms with van der Waals surface area (Å²) >= 11 is 1.33. The van der Waals surface area contributed by atoms with Crippen molar-refractivity contribution in [3.05, 3.63) is 71.8 Å². The van der Waals surface area contributed by atoms with E-state index < -0.39 is 11.3 Å². The Morgan fingerprint density at radius 2 is 1.78 bits per heavy atom. The molecule has 2 N–H and O–H groups in total. The van der Waals surface area contributed by atoms with Gasteiger partial charge in [0.2, 0.25) is 5.91 Å². The second-order valence-electron chi connectivity index (χ2n) is 6.21. The highest BCUT2D eigenvalue weighted by molar-refractivity contribution is 8.00. The molecule has 138 valence electrons. The van der Waals surface area contributed by atoms with Crippen LogP contribution in [0.5, 0.6) is 0 Å². The number of imide groups is 1. The zero-order valence-electron chi connectivity index (χ0n) is 15.2. The molecule has 3 rings (SSSR count). The molecule has 6 heteroatoms. The number of aromatic nitrogens is 1. The molecule has 0 spiro atoms. The number of rotatable bonds is 5. The van der Waals surface area contributed by atoms with Gasteiger partial charge in [0.25, 0.3) is 0 Å². The average molecular weight is 379 g/mol. The number of carbonyl (C=O) groups excluding carboxylic acids is 2. The van der Waals surface area contributed by atoms with Gasteiger partial charge >= 0.3 is 6.03 Å². The third kappa shape index (κ3) is 5.08. The molecule has 5 nitrogen and oxygen atoms in total. The Bertz CT molecular complexity index is 960. The van der Waals surface area contributed by atoms with E-state index in [-0.39, 0.29) is 5.91 Å². The maximum Gasteiger partial charge on any atom is 0.321 e. The smallest absolute Gasteiger partial charge is 0.321 e. The van der Waals surface area contributed by atoms with E-state index in [1.165, 1.54) is 11.8 Å². The second-order valence-corrected chi connectivity index (χ2v) is 7.57. The van der Waals surface area contributed by atoms with E-state index in [4.69, 9.17) is 0 Å². The zero-order valence-corrected chi connectivity index (χ0v) is 16.0. The summed E-state index contributed by atoms with van der Waals surface area (Å²) < 4.78 is 0. The summed E-state index contributed by atoms with van der Waals surface area (Å²) in [5.74, 6) is -0.349. The first kappa shape index (κ1) is 18.9. The second kappa shape index (κ2) is 8.68. The molecule has 27 heavy (non-hydrogen) atoms. The van der Waals surface area contributed by atoms with E-state index in [0.717, 1.165) is 27.1 Å². The molecule has 0 aliphatic carbocycles. The fourth-order valence-electron chi connectivity index (χ4n) is 2.65. The van der Waals surface area contributed by atoms with Crippen LogP contribution in [0.4, 0.5) is 4.79 Å². The predicted molar refractivity (Wildman–Crippen MR) is 109 cm³/mol. The Morgan fingerprint density at radius 3 is 2.56 bits per heavy atom. The van der Waals surface area contributed by atoms with Gasteiger partial charge in [0, 0.05) is 11.9 Å². The Balaban J connectivity index is 1.56. The van der Waals surface area contributed by atoms with Gasteiger partial charge in [0.05, 0.1) is 15.8 Å². The predicted octanol–water partition coefficient (Wildman–Crippen LogP) is 4.05. The summed E-state index contributed by atoms with van der Waals surface area (Å²) in [5, 5.41) is 6.49. The topological polar surface area (TPSA) is 71.1 Å². The summed E-state index contributed by atoms with van der Waals surface area (Å²) in [6.45, 7) is 4.15. The Hall–Kier alpha value is -2.86. The van der Waals surface area contributed by atoms with Crippen molar-refractivity contribution in [1.29, 1.82) is 0 Å². The van der Waals surface area contributed by atoms with Crippen LogP contribution in [0, 0.1) is 6.92 Å². The minimum absolute atomic E-state index is 0.349. The number of para-hydroxylation sites is 1. The molecule has 1 unspecified atom stereocenters. The summed E-state index contributed by atoms with van der Waals surface area (Å²) in [6, 6.07) is 18.9.